The maximum Gasteiger partial charge on any atom is 0.387 e. The predicted molar refractivity (Wildman–Crippen MR) is 123 cm³/mol. The number of aromatic nitrogens is 2. The highest BCUT2D eigenvalue weighted by Gasteiger charge is 2.20. The number of anilines is 1. The molecule has 10 heteroatoms. The van der Waals surface area contributed by atoms with Gasteiger partial charge < -0.3 is 14.8 Å². The van der Waals surface area contributed by atoms with Crippen LogP contribution in [0.1, 0.15) is 12.7 Å². The van der Waals surface area contributed by atoms with Crippen LogP contribution >= 0.6 is 11.8 Å². The summed E-state index contributed by atoms with van der Waals surface area (Å²) in [5, 5.41) is 3.99. The average Bonchev–Trinajstić information content (AvgIpc) is 2.80. The van der Waals surface area contributed by atoms with Crippen LogP contribution in [0.25, 0.3) is 10.9 Å². The molecule has 1 amide bonds. The predicted octanol–water partition coefficient (Wildman–Crippen LogP) is 4.18. The topological polar surface area (TPSA) is 76.6 Å². The van der Waals surface area contributed by atoms with Gasteiger partial charge in [-0.15, -0.1) is 0 Å². The number of thioether (sulfide) groups is 1. The zero-order chi connectivity index (χ0) is 23.2. The van der Waals surface area contributed by atoms with E-state index in [0.717, 1.165) is 29.0 Å². The third-order valence-corrected chi connectivity index (χ3v) is 6.19. The molecule has 1 aliphatic rings. The number of benzene rings is 2. The van der Waals surface area contributed by atoms with Crippen molar-refractivity contribution in [2.45, 2.75) is 30.4 Å². The number of nitrogens with one attached hydrogen (secondary N) is 1. The van der Waals surface area contributed by atoms with E-state index in [2.05, 4.69) is 15.0 Å². The molecule has 1 unspecified atom stereocenters. The van der Waals surface area contributed by atoms with Gasteiger partial charge in [0.25, 0.3) is 0 Å². The summed E-state index contributed by atoms with van der Waals surface area (Å²) >= 11 is 1.36. The SMILES string of the molecule is CC(Sc1nc(CN2CCOCC2)nc2ccccc12)C(=O)Nc1ccc(OC(F)F)cc1. The Kier molecular flexibility index (Phi) is 7.69. The van der Waals surface area contributed by atoms with Crippen LogP contribution in [-0.2, 0) is 16.1 Å². The van der Waals surface area contributed by atoms with Crippen molar-refractivity contribution in [1.82, 2.24) is 14.9 Å². The van der Waals surface area contributed by atoms with Crippen molar-refractivity contribution < 1.29 is 23.0 Å². The Hall–Kier alpha value is -2.82. The number of carbonyl (C=O) groups excluding carboxylic acids is 1. The minimum Gasteiger partial charge on any atom is -0.435 e. The van der Waals surface area contributed by atoms with Gasteiger partial charge in [-0.3, -0.25) is 9.69 Å². The van der Waals surface area contributed by atoms with Gasteiger partial charge in [-0.05, 0) is 37.3 Å². The van der Waals surface area contributed by atoms with Gasteiger partial charge in [-0.2, -0.15) is 8.78 Å². The first-order chi connectivity index (χ1) is 16.0. The summed E-state index contributed by atoms with van der Waals surface area (Å²) < 4.78 is 34.3. The Morgan fingerprint density at radius 2 is 1.88 bits per heavy atom. The molecule has 1 N–H and O–H groups in total. The normalized spacial score (nSPS) is 15.5. The van der Waals surface area contributed by atoms with E-state index in [-0.39, 0.29) is 11.7 Å². The molecule has 0 aliphatic carbocycles. The van der Waals surface area contributed by atoms with E-state index in [4.69, 9.17) is 14.7 Å². The van der Waals surface area contributed by atoms with Crippen LogP contribution in [0.3, 0.4) is 0 Å². The van der Waals surface area contributed by atoms with Gasteiger partial charge in [0.05, 0.1) is 30.5 Å². The lowest BCUT2D eigenvalue weighted by Crippen LogP contribution is -2.36. The van der Waals surface area contributed by atoms with Crippen LogP contribution in [-0.4, -0.2) is 58.9 Å². The van der Waals surface area contributed by atoms with Crippen LogP contribution in [0.15, 0.2) is 53.6 Å². The Morgan fingerprint density at radius 3 is 2.61 bits per heavy atom. The molecule has 0 bridgehead atoms. The summed E-state index contributed by atoms with van der Waals surface area (Å²) in [6, 6.07) is 13.6. The largest absolute Gasteiger partial charge is 0.435 e. The lowest BCUT2D eigenvalue weighted by Gasteiger charge is -2.26. The summed E-state index contributed by atoms with van der Waals surface area (Å²) in [6.45, 7) is 2.58. The molecule has 3 aromatic rings. The molecule has 0 spiro atoms. The molecule has 174 valence electrons. The molecule has 0 saturated carbocycles. The molecular weight excluding hydrogens is 450 g/mol. The average molecular weight is 475 g/mol. The Balaban J connectivity index is 1.46. The summed E-state index contributed by atoms with van der Waals surface area (Å²) in [6.07, 6.45) is 0. The highest BCUT2D eigenvalue weighted by atomic mass is 32.2. The van der Waals surface area contributed by atoms with Crippen molar-refractivity contribution >= 4 is 34.3 Å². The van der Waals surface area contributed by atoms with E-state index in [0.29, 0.717) is 31.3 Å². The second-order valence-electron chi connectivity index (χ2n) is 7.50. The minimum absolute atomic E-state index is 0.0330. The molecule has 1 aromatic heterocycles. The molecule has 1 saturated heterocycles. The lowest BCUT2D eigenvalue weighted by atomic mass is 10.2. The Labute approximate surface area is 194 Å². The Bertz CT molecular complexity index is 1090. The Morgan fingerprint density at radius 1 is 1.15 bits per heavy atom. The van der Waals surface area contributed by atoms with Gasteiger partial charge in [0.1, 0.15) is 16.6 Å². The van der Waals surface area contributed by atoms with Gasteiger partial charge in [-0.25, -0.2) is 9.97 Å². The summed E-state index contributed by atoms with van der Waals surface area (Å²) in [4.78, 5) is 24.5. The smallest absolute Gasteiger partial charge is 0.387 e. The maximum atomic E-state index is 12.8. The van der Waals surface area contributed by atoms with E-state index in [9.17, 15) is 13.6 Å². The van der Waals surface area contributed by atoms with Gasteiger partial charge in [-0.1, -0.05) is 30.0 Å². The quantitative estimate of drug-likeness (QED) is 0.388. The van der Waals surface area contributed by atoms with Crippen LogP contribution in [0.4, 0.5) is 14.5 Å². The number of morpholine rings is 1. The van der Waals surface area contributed by atoms with E-state index in [1.807, 2.05) is 24.3 Å². The number of ether oxygens (including phenoxy) is 2. The fourth-order valence-electron chi connectivity index (χ4n) is 3.40. The molecule has 33 heavy (non-hydrogen) atoms. The number of nitrogens with zero attached hydrogens (tertiary/aromatic N) is 3. The van der Waals surface area contributed by atoms with Crippen LogP contribution in [0.5, 0.6) is 5.75 Å². The fourth-order valence-corrected chi connectivity index (χ4v) is 4.36. The van der Waals surface area contributed by atoms with Crippen molar-refractivity contribution in [2.75, 3.05) is 31.6 Å². The van der Waals surface area contributed by atoms with Crippen LogP contribution in [0.2, 0.25) is 0 Å². The number of alkyl halides is 2. The monoisotopic (exact) mass is 474 g/mol. The lowest BCUT2D eigenvalue weighted by molar-refractivity contribution is -0.115. The van der Waals surface area contributed by atoms with Crippen LogP contribution in [0, 0.1) is 0 Å². The number of para-hydroxylation sites is 1. The van der Waals surface area contributed by atoms with E-state index < -0.39 is 11.9 Å². The van der Waals surface area contributed by atoms with Crippen molar-refractivity contribution in [3.63, 3.8) is 0 Å². The highest BCUT2D eigenvalue weighted by molar-refractivity contribution is 8.00. The van der Waals surface area contributed by atoms with E-state index in [1.54, 1.807) is 6.92 Å². The number of rotatable bonds is 8. The molecule has 7 nitrogen and oxygen atoms in total. The summed E-state index contributed by atoms with van der Waals surface area (Å²) in [5.74, 6) is 0.519. The van der Waals surface area contributed by atoms with Crippen molar-refractivity contribution in [1.29, 1.82) is 0 Å². The molecule has 2 heterocycles. The molecule has 1 fully saturated rings. The maximum absolute atomic E-state index is 12.8. The standard InChI is InChI=1S/C23H24F2N4O3S/c1-15(21(30)26-16-6-8-17(9-7-16)32-23(24)25)33-22-18-4-2-3-5-19(18)27-20(28-22)14-29-10-12-31-13-11-29/h2-9,15,23H,10-14H2,1H3,(H,26,30). The van der Waals surface area contributed by atoms with Gasteiger partial charge >= 0.3 is 6.61 Å². The van der Waals surface area contributed by atoms with Gasteiger partial charge in [0, 0.05) is 24.2 Å². The number of carbonyl (C=O) groups is 1. The van der Waals surface area contributed by atoms with Crippen molar-refractivity contribution in [2.24, 2.45) is 0 Å². The van der Waals surface area contributed by atoms with Crippen LogP contribution < -0.4 is 10.1 Å². The zero-order valence-electron chi connectivity index (χ0n) is 18.0. The second-order valence-corrected chi connectivity index (χ2v) is 8.83. The van der Waals surface area contributed by atoms with E-state index in [1.165, 1.54) is 36.0 Å². The number of hydrogen-bond donors (Lipinski definition) is 1. The number of halogens is 2. The first kappa shape index (κ1) is 23.3. The third kappa shape index (κ3) is 6.37. The first-order valence-corrected chi connectivity index (χ1v) is 11.4. The molecular formula is C23H24F2N4O3S. The molecule has 1 atom stereocenters. The highest BCUT2D eigenvalue weighted by Crippen LogP contribution is 2.30. The number of hydrogen-bond acceptors (Lipinski definition) is 7. The fraction of sp³-hybridized carbons (Fsp3) is 0.348. The number of amides is 1. The molecule has 2 aromatic carbocycles. The molecule has 4 rings (SSSR count). The summed E-state index contributed by atoms with van der Waals surface area (Å²) in [5.41, 5.74) is 1.33. The number of fused-ring (bicyclic) bond motifs is 1. The third-order valence-electron chi connectivity index (χ3n) is 5.09. The van der Waals surface area contributed by atoms with Gasteiger partial charge in [0.2, 0.25) is 5.91 Å². The second kappa shape index (κ2) is 10.9. The summed E-state index contributed by atoms with van der Waals surface area (Å²) in [7, 11) is 0. The zero-order valence-corrected chi connectivity index (χ0v) is 18.9. The van der Waals surface area contributed by atoms with Crippen molar-refractivity contribution in [3.8, 4) is 5.75 Å². The van der Waals surface area contributed by atoms with Gasteiger partial charge in [0.15, 0.2) is 0 Å². The van der Waals surface area contributed by atoms with Crippen molar-refractivity contribution in [3.05, 3.63) is 54.4 Å². The molecule has 1 aliphatic heterocycles. The van der Waals surface area contributed by atoms with E-state index >= 15 is 0 Å². The first-order valence-electron chi connectivity index (χ1n) is 10.6. The minimum atomic E-state index is -2.89. The molecule has 0 radical (unpaired) electrons.